The summed E-state index contributed by atoms with van der Waals surface area (Å²) in [6, 6.07) is 9.10. The second-order valence-corrected chi connectivity index (χ2v) is 5.80. The zero-order valence-electron chi connectivity index (χ0n) is 11.5. The number of hydrogen-bond acceptors (Lipinski definition) is 5. The number of benzene rings is 2. The van der Waals surface area contributed by atoms with Crippen molar-refractivity contribution in [3.63, 3.8) is 0 Å². The molecule has 6 heteroatoms. The first kappa shape index (κ1) is 13.0. The number of carboxylic acid groups (broad SMARTS) is 1. The Morgan fingerprint density at radius 3 is 2.91 bits per heavy atom. The van der Waals surface area contributed by atoms with Gasteiger partial charge in [0.25, 0.3) is 0 Å². The van der Waals surface area contributed by atoms with E-state index in [2.05, 4.69) is 9.97 Å². The van der Waals surface area contributed by atoms with Crippen molar-refractivity contribution in [1.29, 1.82) is 0 Å². The minimum atomic E-state index is -0.967. The number of carboxylic acids is 1. The van der Waals surface area contributed by atoms with Gasteiger partial charge in [-0.1, -0.05) is 12.1 Å². The molecular formula is C16H10N2O3S. The first-order valence-corrected chi connectivity index (χ1v) is 7.49. The highest BCUT2D eigenvalue weighted by Gasteiger charge is 2.21. The monoisotopic (exact) mass is 310 g/mol. The second-order valence-electron chi connectivity index (χ2n) is 4.92. The fourth-order valence-corrected chi connectivity index (χ4v) is 3.28. The number of hydrogen-bond donors (Lipinski definition) is 1. The number of carbonyl (C=O) groups is 1. The topological polar surface area (TPSA) is 76.2 Å². The fraction of sp³-hybridized carbons (Fsp3) is 0.0625. The highest BCUT2D eigenvalue weighted by molar-refractivity contribution is 7.16. The zero-order chi connectivity index (χ0) is 15.3. The van der Waals surface area contributed by atoms with Gasteiger partial charge in [-0.2, -0.15) is 0 Å². The van der Waals surface area contributed by atoms with Crippen molar-refractivity contribution in [3.8, 4) is 11.5 Å². The van der Waals surface area contributed by atoms with Crippen LogP contribution in [0.15, 0.2) is 40.3 Å². The van der Waals surface area contributed by atoms with Crippen LogP contribution in [0.5, 0.6) is 0 Å². The average Bonchev–Trinajstić information content (AvgIpc) is 3.11. The Morgan fingerprint density at radius 2 is 2.14 bits per heavy atom. The minimum absolute atomic E-state index is 0.244. The molecule has 0 saturated carbocycles. The fourth-order valence-electron chi connectivity index (χ4n) is 2.56. The molecule has 0 aliphatic rings. The van der Waals surface area contributed by atoms with Crippen molar-refractivity contribution in [2.75, 3.05) is 0 Å². The molecule has 0 amide bonds. The van der Waals surface area contributed by atoms with Gasteiger partial charge in [0.15, 0.2) is 5.58 Å². The second kappa shape index (κ2) is 4.64. The van der Waals surface area contributed by atoms with Gasteiger partial charge in [-0.05, 0) is 30.7 Å². The molecule has 4 rings (SSSR count). The van der Waals surface area contributed by atoms with Crippen LogP contribution in [0.2, 0.25) is 0 Å². The summed E-state index contributed by atoms with van der Waals surface area (Å²) >= 11 is 1.40. The standard InChI is InChI=1S/C16H10N2O3S/c1-8-9(16(19)20)6-12-14(17-7-22-12)13(8)15-18-10-4-2-3-5-11(10)21-15/h2-7H,1H3,(H,19,20). The lowest BCUT2D eigenvalue weighted by Crippen LogP contribution is -2.01. The maximum Gasteiger partial charge on any atom is 0.336 e. The van der Waals surface area contributed by atoms with Crippen molar-refractivity contribution >= 4 is 38.6 Å². The quantitative estimate of drug-likeness (QED) is 0.603. The Labute approximate surface area is 128 Å². The van der Waals surface area contributed by atoms with Crippen LogP contribution in [0.1, 0.15) is 15.9 Å². The van der Waals surface area contributed by atoms with E-state index in [1.807, 2.05) is 24.3 Å². The molecule has 5 nitrogen and oxygen atoms in total. The molecule has 2 heterocycles. The van der Waals surface area contributed by atoms with Crippen LogP contribution in [0.3, 0.4) is 0 Å². The van der Waals surface area contributed by atoms with Crippen LogP contribution >= 0.6 is 11.3 Å². The molecule has 0 radical (unpaired) electrons. The van der Waals surface area contributed by atoms with Gasteiger partial charge >= 0.3 is 5.97 Å². The molecule has 2 aromatic carbocycles. The first-order chi connectivity index (χ1) is 10.6. The van der Waals surface area contributed by atoms with Crippen LogP contribution in [0, 0.1) is 6.92 Å². The van der Waals surface area contributed by atoms with Crippen LogP contribution in [-0.4, -0.2) is 21.0 Å². The largest absolute Gasteiger partial charge is 0.478 e. The number of para-hydroxylation sites is 2. The van der Waals surface area contributed by atoms with Crippen molar-refractivity contribution in [2.45, 2.75) is 6.92 Å². The summed E-state index contributed by atoms with van der Waals surface area (Å²) in [5.74, 6) is -0.567. The number of aromatic carboxylic acids is 1. The molecule has 4 aromatic rings. The predicted octanol–water partition coefficient (Wildman–Crippen LogP) is 4.11. The van der Waals surface area contributed by atoms with E-state index in [0.29, 0.717) is 22.6 Å². The maximum absolute atomic E-state index is 11.5. The Kier molecular flexibility index (Phi) is 2.74. The van der Waals surface area contributed by atoms with Crippen LogP contribution in [-0.2, 0) is 0 Å². The van der Waals surface area contributed by atoms with Gasteiger partial charge in [-0.15, -0.1) is 11.3 Å². The van der Waals surface area contributed by atoms with E-state index in [0.717, 1.165) is 15.7 Å². The lowest BCUT2D eigenvalue weighted by molar-refractivity contribution is 0.0696. The Hall–Kier alpha value is -2.73. The molecule has 0 unspecified atom stereocenters. The number of aromatic nitrogens is 2. The summed E-state index contributed by atoms with van der Waals surface area (Å²) in [6.07, 6.45) is 0. The third-order valence-electron chi connectivity index (χ3n) is 3.62. The number of thiazole rings is 1. The lowest BCUT2D eigenvalue weighted by atomic mass is 10.0. The summed E-state index contributed by atoms with van der Waals surface area (Å²) in [6.45, 7) is 1.76. The van der Waals surface area contributed by atoms with Gasteiger partial charge in [0.1, 0.15) is 5.52 Å². The van der Waals surface area contributed by atoms with E-state index >= 15 is 0 Å². The van der Waals surface area contributed by atoms with Crippen LogP contribution < -0.4 is 0 Å². The van der Waals surface area contributed by atoms with Crippen molar-refractivity contribution < 1.29 is 14.3 Å². The third-order valence-corrected chi connectivity index (χ3v) is 4.40. The molecule has 0 atom stereocenters. The molecular weight excluding hydrogens is 300 g/mol. The molecule has 2 aromatic heterocycles. The molecule has 108 valence electrons. The average molecular weight is 310 g/mol. The van der Waals surface area contributed by atoms with Crippen molar-refractivity contribution in [1.82, 2.24) is 9.97 Å². The Balaban J connectivity index is 2.10. The first-order valence-electron chi connectivity index (χ1n) is 6.61. The van der Waals surface area contributed by atoms with Gasteiger partial charge in [-0.3, -0.25) is 0 Å². The normalized spacial score (nSPS) is 11.3. The third kappa shape index (κ3) is 1.81. The molecule has 0 aliphatic heterocycles. The van der Waals surface area contributed by atoms with E-state index in [-0.39, 0.29) is 5.56 Å². The van der Waals surface area contributed by atoms with E-state index in [1.54, 1.807) is 18.5 Å². The van der Waals surface area contributed by atoms with E-state index in [9.17, 15) is 9.90 Å². The Bertz CT molecular complexity index is 999. The highest BCUT2D eigenvalue weighted by atomic mass is 32.1. The highest BCUT2D eigenvalue weighted by Crippen LogP contribution is 2.36. The maximum atomic E-state index is 11.5. The molecule has 0 aliphatic carbocycles. The van der Waals surface area contributed by atoms with E-state index in [1.165, 1.54) is 11.3 Å². The number of oxazole rings is 1. The van der Waals surface area contributed by atoms with Gasteiger partial charge < -0.3 is 9.52 Å². The molecule has 0 saturated heterocycles. The minimum Gasteiger partial charge on any atom is -0.478 e. The SMILES string of the molecule is Cc1c(C(=O)O)cc2scnc2c1-c1nc2ccccc2o1. The van der Waals surface area contributed by atoms with Gasteiger partial charge in [0, 0.05) is 0 Å². The predicted molar refractivity (Wildman–Crippen MR) is 84.3 cm³/mol. The molecule has 0 fully saturated rings. The molecule has 1 N–H and O–H groups in total. The zero-order valence-corrected chi connectivity index (χ0v) is 12.3. The smallest absolute Gasteiger partial charge is 0.336 e. The molecule has 0 bridgehead atoms. The van der Waals surface area contributed by atoms with Gasteiger partial charge in [-0.25, -0.2) is 14.8 Å². The van der Waals surface area contributed by atoms with Gasteiger partial charge in [0.05, 0.1) is 26.9 Å². The van der Waals surface area contributed by atoms with E-state index < -0.39 is 5.97 Å². The van der Waals surface area contributed by atoms with E-state index in [4.69, 9.17) is 4.42 Å². The number of rotatable bonds is 2. The summed E-state index contributed by atoms with van der Waals surface area (Å²) in [5.41, 5.74) is 5.32. The number of fused-ring (bicyclic) bond motifs is 2. The Morgan fingerprint density at radius 1 is 1.32 bits per heavy atom. The molecule has 0 spiro atoms. The van der Waals surface area contributed by atoms with Gasteiger partial charge in [0.2, 0.25) is 5.89 Å². The van der Waals surface area contributed by atoms with Crippen LogP contribution in [0.4, 0.5) is 0 Å². The van der Waals surface area contributed by atoms with Crippen molar-refractivity contribution in [3.05, 3.63) is 47.0 Å². The summed E-state index contributed by atoms with van der Waals surface area (Å²) in [5, 5.41) is 9.41. The lowest BCUT2D eigenvalue weighted by Gasteiger charge is -2.06. The summed E-state index contributed by atoms with van der Waals surface area (Å²) in [7, 11) is 0. The van der Waals surface area contributed by atoms with Crippen molar-refractivity contribution in [2.24, 2.45) is 0 Å². The summed E-state index contributed by atoms with van der Waals surface area (Å²) in [4.78, 5) is 20.3. The summed E-state index contributed by atoms with van der Waals surface area (Å²) < 4.78 is 6.61. The molecule has 22 heavy (non-hydrogen) atoms. The van der Waals surface area contributed by atoms with Crippen LogP contribution in [0.25, 0.3) is 32.8 Å². The number of nitrogens with zero attached hydrogens (tertiary/aromatic N) is 2.